The van der Waals surface area contributed by atoms with E-state index >= 15 is 0 Å². The highest BCUT2D eigenvalue weighted by Crippen LogP contribution is 2.27. The molecule has 0 spiro atoms. The van der Waals surface area contributed by atoms with E-state index in [0.717, 1.165) is 16.4 Å². The number of benzene rings is 1. The molecule has 2 amide bonds. The van der Waals surface area contributed by atoms with Crippen LogP contribution in [0.4, 0.5) is 5.69 Å². The van der Waals surface area contributed by atoms with Crippen molar-refractivity contribution in [3.63, 3.8) is 0 Å². The molecule has 5 nitrogen and oxygen atoms in total. The number of carbonyl (C=O) groups excluding carboxylic acids is 2. The third-order valence-corrected chi connectivity index (χ3v) is 5.12. The third kappa shape index (κ3) is 3.60. The first-order chi connectivity index (χ1) is 11.4. The average Bonchev–Trinajstić information content (AvgIpc) is 3.14. The van der Waals surface area contributed by atoms with E-state index in [1.54, 1.807) is 40.5 Å². The van der Waals surface area contributed by atoms with Gasteiger partial charge in [0.2, 0.25) is 11.8 Å². The van der Waals surface area contributed by atoms with Crippen molar-refractivity contribution in [1.82, 2.24) is 10.3 Å². The van der Waals surface area contributed by atoms with Gasteiger partial charge in [0.1, 0.15) is 0 Å². The Morgan fingerprint density at radius 2 is 2.12 bits per heavy atom. The summed E-state index contributed by atoms with van der Waals surface area (Å²) in [4.78, 5) is 30.7. The van der Waals surface area contributed by atoms with Crippen LogP contribution < -0.4 is 10.2 Å². The van der Waals surface area contributed by atoms with Crippen LogP contribution in [0.25, 0.3) is 0 Å². The summed E-state index contributed by atoms with van der Waals surface area (Å²) in [6, 6.07) is 6.90. The van der Waals surface area contributed by atoms with Gasteiger partial charge in [-0.05, 0) is 38.1 Å². The molecule has 1 saturated heterocycles. The van der Waals surface area contributed by atoms with Crippen molar-refractivity contribution in [3.05, 3.63) is 45.4 Å². The lowest BCUT2D eigenvalue weighted by Gasteiger charge is -2.18. The highest BCUT2D eigenvalue weighted by Gasteiger charge is 2.35. The summed E-state index contributed by atoms with van der Waals surface area (Å²) < 4.78 is 0. The second-order valence-electron chi connectivity index (χ2n) is 5.90. The molecule has 2 atom stereocenters. The number of carbonyl (C=O) groups is 2. The highest BCUT2D eigenvalue weighted by atomic mass is 35.5. The monoisotopic (exact) mass is 363 g/mol. The van der Waals surface area contributed by atoms with Crippen LogP contribution in [0.1, 0.15) is 30.1 Å². The Balaban J connectivity index is 1.64. The van der Waals surface area contributed by atoms with Crippen molar-refractivity contribution in [2.24, 2.45) is 5.92 Å². The van der Waals surface area contributed by atoms with Crippen molar-refractivity contribution in [3.8, 4) is 0 Å². The molecule has 1 fully saturated rings. The topological polar surface area (TPSA) is 62.3 Å². The number of nitrogens with zero attached hydrogens (tertiary/aromatic N) is 2. The number of halogens is 1. The second-order valence-corrected chi connectivity index (χ2v) is 7.40. The van der Waals surface area contributed by atoms with Gasteiger partial charge in [-0.1, -0.05) is 11.6 Å². The maximum Gasteiger partial charge on any atom is 0.227 e. The van der Waals surface area contributed by atoms with Crippen LogP contribution >= 0.6 is 22.9 Å². The normalized spacial score (nSPS) is 18.7. The van der Waals surface area contributed by atoms with Crippen LogP contribution in [0, 0.1) is 12.8 Å². The van der Waals surface area contributed by atoms with Crippen molar-refractivity contribution >= 4 is 40.4 Å². The van der Waals surface area contributed by atoms with E-state index in [1.807, 2.05) is 19.2 Å². The molecule has 0 saturated carbocycles. The quantitative estimate of drug-likeness (QED) is 0.906. The van der Waals surface area contributed by atoms with Gasteiger partial charge in [-0.2, -0.15) is 0 Å². The molecule has 0 bridgehead atoms. The fourth-order valence-corrected chi connectivity index (χ4v) is 3.57. The summed E-state index contributed by atoms with van der Waals surface area (Å²) in [6.45, 7) is 4.22. The molecule has 7 heteroatoms. The predicted octanol–water partition coefficient (Wildman–Crippen LogP) is 3.34. The lowest BCUT2D eigenvalue weighted by Crippen LogP contribution is -2.34. The highest BCUT2D eigenvalue weighted by molar-refractivity contribution is 7.09. The van der Waals surface area contributed by atoms with E-state index in [4.69, 9.17) is 11.6 Å². The smallest absolute Gasteiger partial charge is 0.227 e. The molecule has 1 aromatic carbocycles. The molecule has 1 N–H and O–H groups in total. The largest absolute Gasteiger partial charge is 0.348 e. The first kappa shape index (κ1) is 16.9. The van der Waals surface area contributed by atoms with Crippen molar-refractivity contribution < 1.29 is 9.59 Å². The zero-order valence-corrected chi connectivity index (χ0v) is 15.0. The molecular formula is C17H18ClN3O2S. The van der Waals surface area contributed by atoms with Gasteiger partial charge in [-0.15, -0.1) is 11.3 Å². The molecule has 0 radical (unpaired) electrons. The summed E-state index contributed by atoms with van der Waals surface area (Å²) in [5.74, 6) is -0.511. The number of aromatic nitrogens is 1. The SMILES string of the molecule is Cc1nc(C(C)NC(=O)C2CC(=O)N(c3ccc(Cl)cc3)C2)cs1. The summed E-state index contributed by atoms with van der Waals surface area (Å²) in [7, 11) is 0. The van der Waals surface area contributed by atoms with Gasteiger partial charge >= 0.3 is 0 Å². The first-order valence-corrected chi connectivity index (χ1v) is 8.98. The van der Waals surface area contributed by atoms with Crippen molar-refractivity contribution in [2.45, 2.75) is 26.3 Å². The minimum absolute atomic E-state index is 0.0466. The molecule has 1 aliphatic heterocycles. The number of aryl methyl sites for hydroxylation is 1. The maximum atomic E-state index is 12.5. The van der Waals surface area contributed by atoms with Crippen molar-refractivity contribution in [2.75, 3.05) is 11.4 Å². The van der Waals surface area contributed by atoms with Gasteiger partial charge in [0.05, 0.1) is 22.7 Å². The van der Waals surface area contributed by atoms with E-state index in [2.05, 4.69) is 10.3 Å². The fraction of sp³-hybridized carbons (Fsp3) is 0.353. The minimum atomic E-state index is -0.352. The number of nitrogens with one attached hydrogen (secondary N) is 1. The molecule has 0 aliphatic carbocycles. The number of rotatable bonds is 4. The summed E-state index contributed by atoms with van der Waals surface area (Å²) in [6.07, 6.45) is 0.220. The van der Waals surface area contributed by atoms with Gasteiger partial charge in [0.25, 0.3) is 0 Å². The van der Waals surface area contributed by atoms with Crippen LogP contribution in [0.2, 0.25) is 5.02 Å². The number of thiazole rings is 1. The first-order valence-electron chi connectivity index (χ1n) is 7.72. The number of hydrogen-bond acceptors (Lipinski definition) is 4. The predicted molar refractivity (Wildman–Crippen MR) is 95.3 cm³/mol. The molecule has 2 unspecified atom stereocenters. The standard InChI is InChI=1S/C17H18ClN3O2S/c1-10(15-9-24-11(2)20-15)19-17(23)12-7-16(22)21(8-12)14-5-3-13(18)4-6-14/h3-6,9-10,12H,7-8H2,1-2H3,(H,19,23). The van der Waals surface area contributed by atoms with E-state index in [-0.39, 0.29) is 30.2 Å². The second kappa shape index (κ2) is 6.91. The van der Waals surface area contributed by atoms with E-state index in [0.29, 0.717) is 11.6 Å². The Kier molecular flexibility index (Phi) is 4.87. The summed E-state index contributed by atoms with van der Waals surface area (Å²) in [5, 5.41) is 6.49. The number of anilines is 1. The lowest BCUT2D eigenvalue weighted by molar-refractivity contribution is -0.126. The van der Waals surface area contributed by atoms with Crippen LogP contribution in [0.5, 0.6) is 0 Å². The Bertz CT molecular complexity index is 759. The van der Waals surface area contributed by atoms with E-state index in [1.165, 1.54) is 0 Å². The molecule has 3 rings (SSSR count). The third-order valence-electron chi connectivity index (χ3n) is 4.07. The summed E-state index contributed by atoms with van der Waals surface area (Å²) in [5.41, 5.74) is 1.62. The molecule has 1 aromatic heterocycles. The summed E-state index contributed by atoms with van der Waals surface area (Å²) >= 11 is 7.43. The molecule has 126 valence electrons. The van der Waals surface area contributed by atoms with Crippen LogP contribution in [-0.2, 0) is 9.59 Å². The Labute approximate surface area is 149 Å². The van der Waals surface area contributed by atoms with E-state index < -0.39 is 0 Å². The van der Waals surface area contributed by atoms with Gasteiger partial charge in [-0.3, -0.25) is 9.59 Å². The average molecular weight is 364 g/mol. The van der Waals surface area contributed by atoms with E-state index in [9.17, 15) is 9.59 Å². The molecular weight excluding hydrogens is 346 g/mol. The Morgan fingerprint density at radius 3 is 2.75 bits per heavy atom. The molecule has 24 heavy (non-hydrogen) atoms. The van der Waals surface area contributed by atoms with Gasteiger partial charge in [0, 0.05) is 29.1 Å². The van der Waals surface area contributed by atoms with Gasteiger partial charge < -0.3 is 10.2 Å². The van der Waals surface area contributed by atoms with Crippen LogP contribution in [0.15, 0.2) is 29.6 Å². The Hall–Kier alpha value is -1.92. The molecule has 2 heterocycles. The fourth-order valence-electron chi connectivity index (χ4n) is 2.74. The number of amides is 2. The zero-order valence-electron chi connectivity index (χ0n) is 13.5. The molecule has 1 aliphatic rings. The van der Waals surface area contributed by atoms with Crippen molar-refractivity contribution in [1.29, 1.82) is 0 Å². The van der Waals surface area contributed by atoms with Gasteiger partial charge in [-0.25, -0.2) is 4.98 Å². The maximum absolute atomic E-state index is 12.5. The Morgan fingerprint density at radius 1 is 1.42 bits per heavy atom. The van der Waals surface area contributed by atoms with Crippen LogP contribution in [0.3, 0.4) is 0 Å². The number of hydrogen-bond donors (Lipinski definition) is 1. The molecule has 2 aromatic rings. The minimum Gasteiger partial charge on any atom is -0.348 e. The lowest BCUT2D eigenvalue weighted by atomic mass is 10.1. The zero-order chi connectivity index (χ0) is 17.3. The van der Waals surface area contributed by atoms with Gasteiger partial charge in [0.15, 0.2) is 0 Å². The van der Waals surface area contributed by atoms with Crippen LogP contribution in [-0.4, -0.2) is 23.3 Å².